The normalized spacial score (nSPS) is 11.0. The minimum absolute atomic E-state index is 0. The molecule has 6 rings (SSSR count). The van der Waals surface area contributed by atoms with Crippen LogP contribution in [-0.2, 0) is 19.5 Å². The first-order valence-electron chi connectivity index (χ1n) is 12.5. The number of hydrogen-bond donors (Lipinski definition) is 2. The van der Waals surface area contributed by atoms with E-state index in [1.807, 2.05) is 60.7 Å². The van der Waals surface area contributed by atoms with Gasteiger partial charge in [-0.15, -0.1) is 20.5 Å². The Morgan fingerprint density at radius 1 is 0.651 bits per heavy atom. The monoisotopic (exact) mass is 660 g/mol. The molecular weight excluding hydrogens is 641 g/mol. The standard InChI is InChI=1S/C16H13N3O2.C15H9Cl2N3O.Zn/c1-21-14-7-4-10-17-16(14)19-18-15-12-6-3-2-5-11(12)8-9-13(15)20;16-10-7-12(17)15(18-8-10)20-19-14-11-4-2-1-3-9(11)5-6-13(14)21;/h2-10,20H,1H3;1-8,21H;. The topological polar surface area (TPSA) is 125 Å². The van der Waals surface area contributed by atoms with Crippen molar-refractivity contribution >= 4 is 67.8 Å². The molecule has 0 saturated heterocycles. The molecule has 0 atom stereocenters. The molecule has 0 bridgehead atoms. The van der Waals surface area contributed by atoms with Gasteiger partial charge in [-0.3, -0.25) is 0 Å². The molecule has 9 nitrogen and oxygen atoms in total. The van der Waals surface area contributed by atoms with Gasteiger partial charge in [-0.2, -0.15) is 0 Å². The molecule has 6 aromatic rings. The van der Waals surface area contributed by atoms with Crippen LogP contribution in [0.4, 0.5) is 23.0 Å². The molecule has 4 aromatic carbocycles. The second-order valence-corrected chi connectivity index (χ2v) is 9.54. The summed E-state index contributed by atoms with van der Waals surface area (Å²) in [6.07, 6.45) is 3.05. The van der Waals surface area contributed by atoms with Crippen LogP contribution in [0, 0.1) is 0 Å². The minimum Gasteiger partial charge on any atom is -0.506 e. The molecular formula is C31H22Cl2N6O3Zn. The number of fused-ring (bicyclic) bond motifs is 2. The Balaban J connectivity index is 0.000000192. The van der Waals surface area contributed by atoms with Crippen molar-refractivity contribution < 1.29 is 34.4 Å². The second-order valence-electron chi connectivity index (χ2n) is 8.70. The van der Waals surface area contributed by atoms with Crippen molar-refractivity contribution in [2.75, 3.05) is 7.11 Å². The number of aromatic hydroxyl groups is 2. The number of methoxy groups -OCH3 is 1. The Bertz CT molecular complexity index is 1960. The molecule has 0 aliphatic rings. The van der Waals surface area contributed by atoms with E-state index in [2.05, 4.69) is 30.4 Å². The fourth-order valence-electron chi connectivity index (χ4n) is 3.99. The number of phenols is 2. The number of azo groups is 2. The number of nitrogens with zero attached hydrogens (tertiary/aromatic N) is 6. The van der Waals surface area contributed by atoms with Gasteiger partial charge in [0, 0.05) is 42.6 Å². The van der Waals surface area contributed by atoms with E-state index < -0.39 is 0 Å². The predicted molar refractivity (Wildman–Crippen MR) is 165 cm³/mol. The number of halogens is 2. The van der Waals surface area contributed by atoms with E-state index in [-0.39, 0.29) is 36.8 Å². The molecule has 0 aliphatic carbocycles. The van der Waals surface area contributed by atoms with Gasteiger partial charge in [-0.05, 0) is 41.1 Å². The van der Waals surface area contributed by atoms with Crippen LogP contribution < -0.4 is 4.74 Å². The Morgan fingerprint density at radius 2 is 1.21 bits per heavy atom. The first-order chi connectivity index (χ1) is 20.4. The molecule has 0 unspecified atom stereocenters. The van der Waals surface area contributed by atoms with E-state index >= 15 is 0 Å². The Morgan fingerprint density at radius 3 is 1.77 bits per heavy atom. The maximum absolute atomic E-state index is 10.0. The Kier molecular flexibility index (Phi) is 10.7. The van der Waals surface area contributed by atoms with E-state index in [0.29, 0.717) is 33.0 Å². The van der Waals surface area contributed by atoms with Gasteiger partial charge < -0.3 is 14.9 Å². The first-order valence-corrected chi connectivity index (χ1v) is 13.2. The number of rotatable bonds is 5. The van der Waals surface area contributed by atoms with Crippen molar-refractivity contribution in [1.29, 1.82) is 0 Å². The van der Waals surface area contributed by atoms with Crippen LogP contribution in [0.15, 0.2) is 124 Å². The smallest absolute Gasteiger partial charge is 0.216 e. The zero-order chi connectivity index (χ0) is 29.5. The summed E-state index contributed by atoms with van der Waals surface area (Å²) < 4.78 is 5.17. The van der Waals surface area contributed by atoms with Gasteiger partial charge in [0.15, 0.2) is 11.6 Å². The van der Waals surface area contributed by atoms with Gasteiger partial charge in [0.1, 0.15) is 22.9 Å². The van der Waals surface area contributed by atoms with Crippen molar-refractivity contribution in [1.82, 2.24) is 9.97 Å². The van der Waals surface area contributed by atoms with Crippen molar-refractivity contribution in [2.45, 2.75) is 0 Å². The number of hydrogen-bond acceptors (Lipinski definition) is 9. The summed E-state index contributed by atoms with van der Waals surface area (Å²) in [6.45, 7) is 0. The van der Waals surface area contributed by atoms with E-state index in [0.717, 1.165) is 21.5 Å². The van der Waals surface area contributed by atoms with Crippen molar-refractivity contribution in [2.24, 2.45) is 20.5 Å². The maximum Gasteiger partial charge on any atom is 0.216 e. The molecule has 12 heteroatoms. The van der Waals surface area contributed by atoms with Gasteiger partial charge in [-0.1, -0.05) is 83.9 Å². The van der Waals surface area contributed by atoms with E-state index in [1.54, 1.807) is 37.6 Å². The van der Waals surface area contributed by atoms with Gasteiger partial charge in [0.25, 0.3) is 0 Å². The molecule has 0 radical (unpaired) electrons. The van der Waals surface area contributed by atoms with Gasteiger partial charge >= 0.3 is 0 Å². The average molecular weight is 663 g/mol. The number of aromatic nitrogens is 2. The summed E-state index contributed by atoms with van der Waals surface area (Å²) in [7, 11) is 1.55. The molecule has 2 aromatic heterocycles. The van der Waals surface area contributed by atoms with Crippen LogP contribution in [0.5, 0.6) is 17.2 Å². The number of benzene rings is 4. The summed E-state index contributed by atoms with van der Waals surface area (Å²) in [5.74, 6) is 1.26. The molecule has 2 heterocycles. The van der Waals surface area contributed by atoms with Crippen LogP contribution in [0.25, 0.3) is 21.5 Å². The van der Waals surface area contributed by atoms with Crippen LogP contribution in [0.2, 0.25) is 10.0 Å². The van der Waals surface area contributed by atoms with Crippen LogP contribution in [0.1, 0.15) is 0 Å². The quantitative estimate of drug-likeness (QED) is 0.140. The third-order valence-electron chi connectivity index (χ3n) is 6.01. The average Bonchev–Trinajstić information content (AvgIpc) is 3.01. The molecule has 0 spiro atoms. The fourth-order valence-corrected chi connectivity index (χ4v) is 4.41. The number of phenolic OH excluding ortho intramolecular Hbond substituents is 2. The van der Waals surface area contributed by atoms with Gasteiger partial charge in [0.2, 0.25) is 5.82 Å². The molecule has 0 aliphatic heterocycles. The van der Waals surface area contributed by atoms with Crippen LogP contribution in [-0.4, -0.2) is 27.3 Å². The van der Waals surface area contributed by atoms with Crippen LogP contribution in [0.3, 0.4) is 0 Å². The number of ether oxygens (including phenoxy) is 1. The largest absolute Gasteiger partial charge is 0.506 e. The SMILES string of the molecule is COc1cccnc1N=Nc1c(O)ccc2ccccc12.Oc1ccc2ccccc2c1N=Nc1ncc(Cl)cc1Cl.[Zn]. The van der Waals surface area contributed by atoms with Gasteiger partial charge in [-0.25, -0.2) is 9.97 Å². The fraction of sp³-hybridized carbons (Fsp3) is 0.0323. The van der Waals surface area contributed by atoms with Crippen molar-refractivity contribution in [3.8, 4) is 17.2 Å². The third kappa shape index (κ3) is 7.48. The Labute approximate surface area is 269 Å². The zero-order valence-corrected chi connectivity index (χ0v) is 27.2. The summed E-state index contributed by atoms with van der Waals surface area (Å²) in [5.41, 5.74) is 0.793. The first kappa shape index (κ1) is 31.4. The summed E-state index contributed by atoms with van der Waals surface area (Å²) in [4.78, 5) is 8.10. The Hall–Kier alpha value is -4.50. The van der Waals surface area contributed by atoms with Crippen molar-refractivity contribution in [3.05, 3.63) is 113 Å². The van der Waals surface area contributed by atoms with Crippen LogP contribution >= 0.6 is 23.2 Å². The predicted octanol–water partition coefficient (Wildman–Crippen LogP) is 10.0. The van der Waals surface area contributed by atoms with Gasteiger partial charge in [0.05, 0.1) is 17.2 Å². The van der Waals surface area contributed by atoms with E-state index in [1.165, 1.54) is 12.3 Å². The molecule has 0 amide bonds. The molecule has 0 fully saturated rings. The third-order valence-corrected chi connectivity index (χ3v) is 6.49. The zero-order valence-electron chi connectivity index (χ0n) is 22.8. The molecule has 210 valence electrons. The van der Waals surface area contributed by atoms with Crippen molar-refractivity contribution in [3.63, 3.8) is 0 Å². The van der Waals surface area contributed by atoms with E-state index in [4.69, 9.17) is 27.9 Å². The van der Waals surface area contributed by atoms with E-state index in [9.17, 15) is 10.2 Å². The summed E-state index contributed by atoms with van der Waals surface area (Å²) in [5, 5.41) is 40.6. The minimum atomic E-state index is 0. The number of pyridine rings is 2. The summed E-state index contributed by atoms with van der Waals surface area (Å²) >= 11 is 11.8. The maximum atomic E-state index is 10.0. The summed E-state index contributed by atoms with van der Waals surface area (Å²) in [6, 6.07) is 27.1. The second kappa shape index (κ2) is 14.6. The molecule has 43 heavy (non-hydrogen) atoms. The molecule has 0 saturated carbocycles. The molecule has 2 N–H and O–H groups in total.